The molecule has 0 fully saturated rings. The molecule has 0 radical (unpaired) electrons. The fraction of sp³-hybridized carbons (Fsp3) is 0.350. The molecular weight excluding hydrogens is 354 g/mol. The lowest BCUT2D eigenvalue weighted by molar-refractivity contribution is 0.171. The van der Waals surface area contributed by atoms with Crippen LogP contribution < -0.4 is 10.2 Å². The van der Waals surface area contributed by atoms with Gasteiger partial charge in [-0.1, -0.05) is 18.2 Å². The third-order valence-corrected chi connectivity index (χ3v) is 5.15. The highest BCUT2D eigenvalue weighted by Crippen LogP contribution is 2.33. The summed E-state index contributed by atoms with van der Waals surface area (Å²) in [5, 5.41) is 3.58. The van der Waals surface area contributed by atoms with Crippen molar-refractivity contribution in [1.82, 2.24) is 24.8 Å². The molecule has 28 heavy (non-hydrogen) atoms. The number of nitrogens with zero attached hydrogens (tertiary/aromatic N) is 6. The number of aromatic nitrogens is 3. The van der Waals surface area contributed by atoms with Crippen molar-refractivity contribution in [2.24, 2.45) is 4.99 Å². The molecular formula is C20H23N7O. The number of imidazole rings is 1. The smallest absolute Gasteiger partial charge is 0.216 e. The Hall–Kier alpha value is -2.97. The summed E-state index contributed by atoms with van der Waals surface area (Å²) < 4.78 is 7.40. The maximum Gasteiger partial charge on any atom is 0.216 e. The van der Waals surface area contributed by atoms with Crippen LogP contribution in [0.15, 0.2) is 53.7 Å². The topological polar surface area (TPSA) is 70.8 Å². The molecule has 1 unspecified atom stereocenters. The van der Waals surface area contributed by atoms with Crippen molar-refractivity contribution in [3.63, 3.8) is 0 Å². The lowest BCUT2D eigenvalue weighted by Crippen LogP contribution is -2.57. The molecule has 3 aromatic rings. The number of nitrogens with one attached hydrogen (secondary N) is 1. The van der Waals surface area contributed by atoms with Gasteiger partial charge in [-0.3, -0.25) is 19.4 Å². The fourth-order valence-corrected chi connectivity index (χ4v) is 3.83. The van der Waals surface area contributed by atoms with Crippen LogP contribution in [0.1, 0.15) is 18.3 Å². The van der Waals surface area contributed by atoms with E-state index in [1.54, 1.807) is 7.11 Å². The van der Waals surface area contributed by atoms with E-state index in [1.165, 1.54) is 0 Å². The van der Waals surface area contributed by atoms with Gasteiger partial charge in [0.25, 0.3) is 0 Å². The maximum atomic E-state index is 5.19. The Kier molecular flexibility index (Phi) is 4.42. The van der Waals surface area contributed by atoms with E-state index in [2.05, 4.69) is 30.7 Å². The number of para-hydroxylation sites is 2. The average molecular weight is 377 g/mol. The monoisotopic (exact) mass is 377 g/mol. The zero-order valence-corrected chi connectivity index (χ0v) is 15.8. The zero-order chi connectivity index (χ0) is 18.9. The van der Waals surface area contributed by atoms with E-state index in [-0.39, 0.29) is 6.17 Å². The summed E-state index contributed by atoms with van der Waals surface area (Å²) in [5.41, 5.74) is 2.99. The fourth-order valence-electron chi connectivity index (χ4n) is 3.83. The Morgan fingerprint density at radius 3 is 2.93 bits per heavy atom. The van der Waals surface area contributed by atoms with Crippen molar-refractivity contribution in [3.8, 4) is 0 Å². The quantitative estimate of drug-likeness (QED) is 0.686. The second-order valence-corrected chi connectivity index (χ2v) is 7.01. The molecule has 0 bridgehead atoms. The number of anilines is 1. The van der Waals surface area contributed by atoms with E-state index in [0.717, 1.165) is 54.9 Å². The van der Waals surface area contributed by atoms with Gasteiger partial charge < -0.3 is 10.1 Å². The molecule has 5 rings (SSSR count). The highest BCUT2D eigenvalue weighted by Gasteiger charge is 2.36. The molecule has 2 aliphatic heterocycles. The molecule has 0 aliphatic carbocycles. The second-order valence-electron chi connectivity index (χ2n) is 7.01. The largest absolute Gasteiger partial charge is 0.385 e. The van der Waals surface area contributed by atoms with Gasteiger partial charge in [-0.2, -0.15) is 0 Å². The standard InChI is InChI=1S/C20H23N7O/c1-28-12-6-11-25-13-22-19-24-18(16-8-4-5-10-21-16)27-17-9-3-2-7-15(17)23-20(27)26(19)14-25/h2-5,7-10,18H,6,11-14H2,1H3,(H,22,24). The van der Waals surface area contributed by atoms with Gasteiger partial charge in [0.15, 0.2) is 6.17 Å². The Labute approximate surface area is 163 Å². The number of pyridine rings is 1. The van der Waals surface area contributed by atoms with Crippen LogP contribution >= 0.6 is 0 Å². The molecule has 0 saturated carbocycles. The lowest BCUT2D eigenvalue weighted by Gasteiger charge is -2.41. The minimum atomic E-state index is -0.140. The van der Waals surface area contributed by atoms with Gasteiger partial charge in [0.2, 0.25) is 11.9 Å². The summed E-state index contributed by atoms with van der Waals surface area (Å²) in [6.45, 7) is 3.10. The molecule has 1 atom stereocenters. The number of benzene rings is 1. The number of ether oxygens (including phenoxy) is 1. The molecule has 4 heterocycles. The van der Waals surface area contributed by atoms with E-state index in [0.29, 0.717) is 6.67 Å². The number of methoxy groups -OCH3 is 1. The van der Waals surface area contributed by atoms with Crippen LogP contribution in [0.4, 0.5) is 5.95 Å². The average Bonchev–Trinajstić information content (AvgIpc) is 3.14. The number of hydrogen-bond acceptors (Lipinski definition) is 7. The van der Waals surface area contributed by atoms with E-state index < -0.39 is 0 Å². The summed E-state index contributed by atoms with van der Waals surface area (Å²) in [5.74, 6) is 1.74. The van der Waals surface area contributed by atoms with Crippen molar-refractivity contribution >= 4 is 22.9 Å². The first-order valence-electron chi connectivity index (χ1n) is 9.53. The number of rotatable bonds is 5. The molecule has 8 heteroatoms. The number of hydrogen-bond donors (Lipinski definition) is 1. The molecule has 1 N–H and O–H groups in total. The first-order chi connectivity index (χ1) is 13.8. The zero-order valence-electron chi connectivity index (χ0n) is 15.8. The van der Waals surface area contributed by atoms with E-state index in [9.17, 15) is 0 Å². The normalized spacial score (nSPS) is 19.1. The van der Waals surface area contributed by atoms with Gasteiger partial charge in [0.1, 0.15) is 0 Å². The van der Waals surface area contributed by atoms with Crippen molar-refractivity contribution < 1.29 is 4.74 Å². The predicted molar refractivity (Wildman–Crippen MR) is 108 cm³/mol. The first kappa shape index (κ1) is 17.2. The number of guanidine groups is 1. The minimum absolute atomic E-state index is 0.140. The Morgan fingerprint density at radius 1 is 1.18 bits per heavy atom. The number of fused-ring (bicyclic) bond motifs is 5. The number of aliphatic imine (C=N–C) groups is 1. The minimum Gasteiger partial charge on any atom is -0.385 e. The van der Waals surface area contributed by atoms with Crippen LogP contribution in [0.25, 0.3) is 11.0 Å². The summed E-state index contributed by atoms with van der Waals surface area (Å²) in [4.78, 5) is 18.8. The molecule has 0 amide bonds. The van der Waals surface area contributed by atoms with Crippen molar-refractivity contribution in [1.29, 1.82) is 0 Å². The second kappa shape index (κ2) is 7.21. The van der Waals surface area contributed by atoms with Gasteiger partial charge in [-0.15, -0.1) is 0 Å². The summed E-state index contributed by atoms with van der Waals surface area (Å²) >= 11 is 0. The SMILES string of the molecule is COCCCN1CN=C2NC(c3ccccn3)n3c(nc4ccccc43)N2C1. The van der Waals surface area contributed by atoms with Crippen LogP contribution in [0.3, 0.4) is 0 Å². The maximum absolute atomic E-state index is 5.19. The van der Waals surface area contributed by atoms with Gasteiger partial charge in [0, 0.05) is 26.5 Å². The van der Waals surface area contributed by atoms with Gasteiger partial charge in [-0.05, 0) is 30.7 Å². The molecule has 144 valence electrons. The van der Waals surface area contributed by atoms with Crippen molar-refractivity contribution in [2.75, 3.05) is 38.5 Å². The molecule has 1 aromatic carbocycles. The Balaban J connectivity index is 1.56. The lowest BCUT2D eigenvalue weighted by atomic mass is 10.2. The molecule has 8 nitrogen and oxygen atoms in total. The first-order valence-corrected chi connectivity index (χ1v) is 9.53. The molecule has 2 aromatic heterocycles. The molecule has 0 spiro atoms. The summed E-state index contributed by atoms with van der Waals surface area (Å²) in [6.07, 6.45) is 2.66. The molecule has 0 saturated heterocycles. The predicted octanol–water partition coefficient (Wildman–Crippen LogP) is 2.01. The van der Waals surface area contributed by atoms with Crippen molar-refractivity contribution in [2.45, 2.75) is 12.6 Å². The Morgan fingerprint density at radius 2 is 2.07 bits per heavy atom. The Bertz CT molecular complexity index is 1000. The highest BCUT2D eigenvalue weighted by atomic mass is 16.5. The van der Waals surface area contributed by atoms with Crippen molar-refractivity contribution in [3.05, 3.63) is 54.4 Å². The highest BCUT2D eigenvalue weighted by molar-refractivity contribution is 5.98. The third kappa shape index (κ3) is 2.90. The van der Waals surface area contributed by atoms with E-state index >= 15 is 0 Å². The van der Waals surface area contributed by atoms with Crippen LogP contribution in [0.2, 0.25) is 0 Å². The van der Waals surface area contributed by atoms with Gasteiger partial charge in [-0.25, -0.2) is 9.98 Å². The van der Waals surface area contributed by atoms with Gasteiger partial charge in [0.05, 0.1) is 30.1 Å². The van der Waals surface area contributed by atoms with Gasteiger partial charge >= 0.3 is 0 Å². The van der Waals surface area contributed by atoms with Crippen LogP contribution in [-0.2, 0) is 4.74 Å². The molecule has 2 aliphatic rings. The third-order valence-electron chi connectivity index (χ3n) is 5.15. The summed E-state index contributed by atoms with van der Waals surface area (Å²) in [7, 11) is 1.74. The van der Waals surface area contributed by atoms with Crippen LogP contribution in [0, 0.1) is 0 Å². The van der Waals surface area contributed by atoms with Crippen LogP contribution in [0.5, 0.6) is 0 Å². The van der Waals surface area contributed by atoms with Crippen LogP contribution in [-0.4, -0.2) is 59.0 Å². The van der Waals surface area contributed by atoms with E-state index in [4.69, 9.17) is 14.7 Å². The van der Waals surface area contributed by atoms with E-state index in [1.807, 2.05) is 42.6 Å². The summed E-state index contributed by atoms with van der Waals surface area (Å²) in [6, 6.07) is 14.2.